The second-order valence-corrected chi connectivity index (χ2v) is 4.82. The summed E-state index contributed by atoms with van der Waals surface area (Å²) in [4.78, 5) is 7.74. The van der Waals surface area contributed by atoms with Crippen molar-refractivity contribution in [3.8, 4) is 0 Å². The Morgan fingerprint density at radius 1 is 1.64 bits per heavy atom. The zero-order chi connectivity index (χ0) is 10.6. The highest BCUT2D eigenvalue weighted by Gasteiger charge is 2.05. The van der Waals surface area contributed by atoms with Crippen LogP contribution in [0.3, 0.4) is 0 Å². The van der Waals surface area contributed by atoms with Gasteiger partial charge >= 0.3 is 0 Å². The number of rotatable bonds is 4. The smallest absolute Gasteiger partial charge is 0.131 e. The van der Waals surface area contributed by atoms with Crippen LogP contribution in [0.5, 0.6) is 0 Å². The van der Waals surface area contributed by atoms with Crippen LogP contribution in [0.15, 0.2) is 12.4 Å². The molecular formula is C8H14N4OS. The van der Waals surface area contributed by atoms with Crippen LogP contribution in [0.2, 0.25) is 0 Å². The summed E-state index contributed by atoms with van der Waals surface area (Å²) >= 11 is 0. The van der Waals surface area contributed by atoms with E-state index in [0.717, 1.165) is 0 Å². The van der Waals surface area contributed by atoms with Crippen LogP contribution < -0.4 is 11.1 Å². The molecule has 0 aromatic carbocycles. The first-order valence-electron chi connectivity index (χ1n) is 4.23. The minimum Gasteiger partial charge on any atom is -0.384 e. The van der Waals surface area contributed by atoms with E-state index in [4.69, 9.17) is 5.73 Å². The van der Waals surface area contributed by atoms with E-state index in [-0.39, 0.29) is 5.25 Å². The molecule has 14 heavy (non-hydrogen) atoms. The molecule has 6 heteroatoms. The Balaban J connectivity index is 2.49. The SMILES string of the molecule is CC(CNc1cc(N)ncn1)S(C)=O. The van der Waals surface area contributed by atoms with Crippen molar-refractivity contribution in [2.24, 2.45) is 0 Å². The Hall–Kier alpha value is -1.17. The molecule has 2 unspecified atom stereocenters. The lowest BCUT2D eigenvalue weighted by atomic mass is 10.4. The fraction of sp³-hybridized carbons (Fsp3) is 0.500. The molecule has 1 aromatic rings. The Morgan fingerprint density at radius 2 is 2.36 bits per heavy atom. The summed E-state index contributed by atoms with van der Waals surface area (Å²) < 4.78 is 11.0. The summed E-state index contributed by atoms with van der Waals surface area (Å²) in [6, 6.07) is 1.64. The molecule has 0 radical (unpaired) electrons. The molecule has 0 saturated heterocycles. The lowest BCUT2D eigenvalue weighted by molar-refractivity contribution is 0.679. The van der Waals surface area contributed by atoms with Crippen LogP contribution in [-0.4, -0.2) is 32.2 Å². The summed E-state index contributed by atoms with van der Waals surface area (Å²) in [5.41, 5.74) is 5.47. The van der Waals surface area contributed by atoms with Gasteiger partial charge in [0.25, 0.3) is 0 Å². The molecule has 3 N–H and O–H groups in total. The number of anilines is 2. The van der Waals surface area contributed by atoms with Crippen LogP contribution in [0.4, 0.5) is 11.6 Å². The topological polar surface area (TPSA) is 80.9 Å². The summed E-state index contributed by atoms with van der Waals surface area (Å²) in [5, 5.41) is 3.13. The Morgan fingerprint density at radius 3 is 2.93 bits per heavy atom. The van der Waals surface area contributed by atoms with Gasteiger partial charge in [0.1, 0.15) is 18.0 Å². The van der Waals surface area contributed by atoms with Gasteiger partial charge in [-0.05, 0) is 6.92 Å². The maximum absolute atomic E-state index is 11.0. The van der Waals surface area contributed by atoms with E-state index in [9.17, 15) is 4.21 Å². The quantitative estimate of drug-likeness (QED) is 0.750. The van der Waals surface area contributed by atoms with E-state index in [2.05, 4.69) is 15.3 Å². The number of hydrogen-bond donors (Lipinski definition) is 2. The number of nitrogen functional groups attached to an aromatic ring is 1. The van der Waals surface area contributed by atoms with Gasteiger partial charge in [0, 0.05) is 34.9 Å². The molecule has 0 aliphatic carbocycles. The summed E-state index contributed by atoms with van der Waals surface area (Å²) in [7, 11) is -0.826. The van der Waals surface area contributed by atoms with Crippen molar-refractivity contribution in [2.45, 2.75) is 12.2 Å². The molecule has 1 heterocycles. The molecule has 2 atom stereocenters. The van der Waals surface area contributed by atoms with Gasteiger partial charge in [-0.3, -0.25) is 4.21 Å². The first kappa shape index (κ1) is 10.9. The van der Waals surface area contributed by atoms with Crippen molar-refractivity contribution in [3.63, 3.8) is 0 Å². The van der Waals surface area contributed by atoms with E-state index < -0.39 is 10.8 Å². The maximum atomic E-state index is 11.0. The average Bonchev–Trinajstić information content (AvgIpc) is 2.14. The third-order valence-electron chi connectivity index (χ3n) is 1.83. The molecule has 0 spiro atoms. The molecule has 1 aromatic heterocycles. The molecule has 78 valence electrons. The van der Waals surface area contributed by atoms with Gasteiger partial charge in [-0.1, -0.05) is 0 Å². The second-order valence-electron chi connectivity index (χ2n) is 3.02. The molecule has 1 rings (SSSR count). The van der Waals surface area contributed by atoms with E-state index >= 15 is 0 Å². The third kappa shape index (κ3) is 3.29. The molecule has 0 amide bonds. The highest BCUT2D eigenvalue weighted by Crippen LogP contribution is 2.05. The third-order valence-corrected chi connectivity index (χ3v) is 3.13. The predicted octanol–water partition coefficient (Wildman–Crippen LogP) is 0.238. The van der Waals surface area contributed by atoms with Crippen molar-refractivity contribution in [1.29, 1.82) is 0 Å². The normalized spacial score (nSPS) is 14.7. The first-order valence-corrected chi connectivity index (χ1v) is 5.85. The second kappa shape index (κ2) is 4.90. The molecule has 0 bridgehead atoms. The van der Waals surface area contributed by atoms with Gasteiger partial charge in [-0.2, -0.15) is 0 Å². The number of nitrogens with two attached hydrogens (primary N) is 1. The zero-order valence-electron chi connectivity index (χ0n) is 8.23. The van der Waals surface area contributed by atoms with Gasteiger partial charge in [-0.15, -0.1) is 0 Å². The van der Waals surface area contributed by atoms with E-state index in [1.807, 2.05) is 6.92 Å². The standard InChI is InChI=1S/C8H14N4OS/c1-6(14(2)13)4-10-8-3-7(9)11-5-12-8/h3,5-6H,4H2,1-2H3,(H3,9,10,11,12). The first-order chi connectivity index (χ1) is 6.59. The summed E-state index contributed by atoms with van der Waals surface area (Å²) in [6.45, 7) is 2.52. The van der Waals surface area contributed by atoms with E-state index in [1.54, 1.807) is 12.3 Å². The highest BCUT2D eigenvalue weighted by atomic mass is 32.2. The maximum Gasteiger partial charge on any atom is 0.131 e. The largest absolute Gasteiger partial charge is 0.384 e. The van der Waals surface area contributed by atoms with Crippen LogP contribution in [0.1, 0.15) is 6.92 Å². The van der Waals surface area contributed by atoms with Crippen molar-refractivity contribution in [3.05, 3.63) is 12.4 Å². The molecule has 0 aliphatic heterocycles. The lowest BCUT2D eigenvalue weighted by Crippen LogP contribution is -2.21. The number of aromatic nitrogens is 2. The van der Waals surface area contributed by atoms with Crippen molar-refractivity contribution < 1.29 is 4.21 Å². The average molecular weight is 214 g/mol. The predicted molar refractivity (Wildman–Crippen MR) is 58.5 cm³/mol. The lowest BCUT2D eigenvalue weighted by Gasteiger charge is -2.09. The van der Waals surface area contributed by atoms with Crippen LogP contribution >= 0.6 is 0 Å². The van der Waals surface area contributed by atoms with Gasteiger partial charge in [0.15, 0.2) is 0 Å². The molecular weight excluding hydrogens is 200 g/mol. The fourth-order valence-corrected chi connectivity index (χ4v) is 1.15. The van der Waals surface area contributed by atoms with Crippen LogP contribution in [-0.2, 0) is 10.8 Å². The van der Waals surface area contributed by atoms with E-state index in [1.165, 1.54) is 6.33 Å². The summed E-state index contributed by atoms with van der Waals surface area (Å²) in [5.74, 6) is 1.09. The molecule has 0 fully saturated rings. The van der Waals surface area contributed by atoms with Crippen molar-refractivity contribution in [1.82, 2.24) is 9.97 Å². The number of nitrogens with one attached hydrogen (secondary N) is 1. The Kier molecular flexibility index (Phi) is 3.82. The monoisotopic (exact) mass is 214 g/mol. The number of hydrogen-bond acceptors (Lipinski definition) is 5. The zero-order valence-corrected chi connectivity index (χ0v) is 9.04. The van der Waals surface area contributed by atoms with Crippen LogP contribution in [0, 0.1) is 0 Å². The van der Waals surface area contributed by atoms with Crippen molar-refractivity contribution in [2.75, 3.05) is 23.9 Å². The van der Waals surface area contributed by atoms with Gasteiger partial charge < -0.3 is 11.1 Å². The highest BCUT2D eigenvalue weighted by molar-refractivity contribution is 7.84. The Bertz CT molecular complexity index is 331. The van der Waals surface area contributed by atoms with E-state index in [0.29, 0.717) is 18.2 Å². The fourth-order valence-electron chi connectivity index (χ4n) is 0.835. The number of nitrogens with zero attached hydrogens (tertiary/aromatic N) is 2. The Labute approximate surface area is 85.6 Å². The van der Waals surface area contributed by atoms with Gasteiger partial charge in [0.2, 0.25) is 0 Å². The van der Waals surface area contributed by atoms with Crippen molar-refractivity contribution >= 4 is 22.4 Å². The molecule has 5 nitrogen and oxygen atoms in total. The molecule has 0 aliphatic rings. The van der Waals surface area contributed by atoms with Crippen LogP contribution in [0.25, 0.3) is 0 Å². The minimum absolute atomic E-state index is 0.0891. The molecule has 0 saturated carbocycles. The van der Waals surface area contributed by atoms with Gasteiger partial charge in [0.05, 0.1) is 0 Å². The van der Waals surface area contributed by atoms with Gasteiger partial charge in [-0.25, -0.2) is 9.97 Å². The minimum atomic E-state index is -0.826. The summed E-state index contributed by atoms with van der Waals surface area (Å²) in [6.07, 6.45) is 3.08.